The number of ether oxygens (including phenoxy) is 1. The first-order chi connectivity index (χ1) is 7.54. The molecular weight excluding hydrogens is 212 g/mol. The molecule has 1 rings (SSSR count). The van der Waals surface area contributed by atoms with Crippen LogP contribution in [0.5, 0.6) is 0 Å². The minimum absolute atomic E-state index is 0.355. The smallest absolute Gasteiger partial charge is 0.337 e. The molecule has 0 fully saturated rings. The van der Waals surface area contributed by atoms with E-state index in [1.165, 1.54) is 31.4 Å². The average Bonchev–Trinajstić information content (AvgIpc) is 2.27. The van der Waals surface area contributed by atoms with Crippen LogP contribution >= 0.6 is 0 Å². The maximum atomic E-state index is 11.1. The molecule has 86 valence electrons. The van der Waals surface area contributed by atoms with Crippen molar-refractivity contribution in [3.63, 3.8) is 0 Å². The number of aliphatic hydroxyl groups is 1. The fourth-order valence-electron chi connectivity index (χ4n) is 1.24. The first-order valence-electron chi connectivity index (χ1n) is 4.62. The van der Waals surface area contributed by atoms with Crippen LogP contribution in [0.25, 0.3) is 0 Å². The summed E-state index contributed by atoms with van der Waals surface area (Å²) in [4.78, 5) is 21.5. The van der Waals surface area contributed by atoms with Gasteiger partial charge in [-0.1, -0.05) is 12.1 Å². The number of carboxylic acids is 1. The monoisotopic (exact) mass is 224 g/mol. The molecule has 0 aromatic heterocycles. The SMILES string of the molecule is COC(=O)c1ccc([C@H](O)CC(=O)O)cc1. The average molecular weight is 224 g/mol. The van der Waals surface area contributed by atoms with Crippen molar-refractivity contribution < 1.29 is 24.5 Å². The van der Waals surface area contributed by atoms with Gasteiger partial charge >= 0.3 is 11.9 Å². The van der Waals surface area contributed by atoms with Crippen molar-refractivity contribution >= 4 is 11.9 Å². The van der Waals surface area contributed by atoms with E-state index in [2.05, 4.69) is 4.74 Å². The molecule has 0 radical (unpaired) electrons. The molecule has 0 heterocycles. The van der Waals surface area contributed by atoms with Crippen LogP contribution in [0, 0.1) is 0 Å². The quantitative estimate of drug-likeness (QED) is 0.745. The van der Waals surface area contributed by atoms with E-state index in [1.54, 1.807) is 0 Å². The zero-order valence-electron chi connectivity index (χ0n) is 8.71. The van der Waals surface area contributed by atoms with Crippen LogP contribution in [-0.2, 0) is 9.53 Å². The molecule has 1 aromatic carbocycles. The number of methoxy groups -OCH3 is 1. The molecule has 1 atom stereocenters. The number of aliphatic carboxylic acids is 1. The highest BCUT2D eigenvalue weighted by Crippen LogP contribution is 2.17. The summed E-state index contributed by atoms with van der Waals surface area (Å²) in [6.45, 7) is 0. The van der Waals surface area contributed by atoms with E-state index in [9.17, 15) is 14.7 Å². The molecule has 16 heavy (non-hydrogen) atoms. The highest BCUT2D eigenvalue weighted by molar-refractivity contribution is 5.89. The number of hydrogen-bond acceptors (Lipinski definition) is 4. The third-order valence-corrected chi connectivity index (χ3v) is 2.08. The number of carbonyl (C=O) groups is 2. The van der Waals surface area contributed by atoms with Crippen molar-refractivity contribution in [2.45, 2.75) is 12.5 Å². The number of esters is 1. The van der Waals surface area contributed by atoms with E-state index in [-0.39, 0.29) is 6.42 Å². The summed E-state index contributed by atoms with van der Waals surface area (Å²) < 4.78 is 4.51. The Labute approximate surface area is 92.3 Å². The fourth-order valence-corrected chi connectivity index (χ4v) is 1.24. The lowest BCUT2D eigenvalue weighted by Gasteiger charge is -2.08. The third-order valence-electron chi connectivity index (χ3n) is 2.08. The predicted octanol–water partition coefficient (Wildman–Crippen LogP) is 0.981. The predicted molar refractivity (Wildman–Crippen MR) is 55.0 cm³/mol. The molecule has 0 aliphatic rings. The number of carboxylic acid groups (broad SMARTS) is 1. The Morgan fingerprint density at radius 1 is 1.31 bits per heavy atom. The Hall–Kier alpha value is -1.88. The van der Waals surface area contributed by atoms with E-state index in [0.717, 1.165) is 0 Å². The summed E-state index contributed by atoms with van der Waals surface area (Å²) in [6, 6.07) is 5.96. The van der Waals surface area contributed by atoms with Crippen LogP contribution in [0.2, 0.25) is 0 Å². The number of hydrogen-bond donors (Lipinski definition) is 2. The Morgan fingerprint density at radius 3 is 2.31 bits per heavy atom. The Balaban J connectivity index is 2.78. The molecule has 1 aromatic rings. The molecule has 5 heteroatoms. The summed E-state index contributed by atoms with van der Waals surface area (Å²) >= 11 is 0. The van der Waals surface area contributed by atoms with E-state index in [0.29, 0.717) is 11.1 Å². The second-order valence-corrected chi connectivity index (χ2v) is 3.23. The van der Waals surface area contributed by atoms with E-state index >= 15 is 0 Å². The van der Waals surface area contributed by atoms with Gasteiger partial charge in [0.15, 0.2) is 0 Å². The number of rotatable bonds is 4. The highest BCUT2D eigenvalue weighted by Gasteiger charge is 2.12. The molecule has 5 nitrogen and oxygen atoms in total. The standard InChI is InChI=1S/C11H12O5/c1-16-11(15)8-4-2-7(3-5-8)9(12)6-10(13)14/h2-5,9,12H,6H2,1H3,(H,13,14)/t9-/m1/s1. The van der Waals surface area contributed by atoms with Gasteiger partial charge in [-0.15, -0.1) is 0 Å². The molecule has 0 amide bonds. The molecular formula is C11H12O5. The van der Waals surface area contributed by atoms with E-state index in [1.807, 2.05) is 0 Å². The maximum absolute atomic E-state index is 11.1. The summed E-state index contributed by atoms with van der Waals surface area (Å²) in [5.41, 5.74) is 0.809. The van der Waals surface area contributed by atoms with Gasteiger partial charge in [0.05, 0.1) is 25.2 Å². The lowest BCUT2D eigenvalue weighted by Crippen LogP contribution is -2.06. The largest absolute Gasteiger partial charge is 0.481 e. The maximum Gasteiger partial charge on any atom is 0.337 e. The molecule has 0 unspecified atom stereocenters. The number of benzene rings is 1. The van der Waals surface area contributed by atoms with Crippen molar-refractivity contribution in [1.82, 2.24) is 0 Å². The lowest BCUT2D eigenvalue weighted by molar-refractivity contribution is -0.139. The van der Waals surface area contributed by atoms with Gasteiger partial charge in [0, 0.05) is 0 Å². The van der Waals surface area contributed by atoms with Crippen LogP contribution in [0.3, 0.4) is 0 Å². The molecule has 0 spiro atoms. The number of aliphatic hydroxyl groups excluding tert-OH is 1. The summed E-state index contributed by atoms with van der Waals surface area (Å²) in [6.07, 6.45) is -1.43. The lowest BCUT2D eigenvalue weighted by atomic mass is 10.0. The Morgan fingerprint density at radius 2 is 1.88 bits per heavy atom. The molecule has 0 saturated heterocycles. The van der Waals surface area contributed by atoms with Gasteiger partial charge < -0.3 is 14.9 Å². The van der Waals surface area contributed by atoms with Crippen LogP contribution in [-0.4, -0.2) is 29.3 Å². The van der Waals surface area contributed by atoms with Crippen LogP contribution in [0.15, 0.2) is 24.3 Å². The molecule has 2 N–H and O–H groups in total. The topological polar surface area (TPSA) is 83.8 Å². The zero-order chi connectivity index (χ0) is 12.1. The normalized spacial score (nSPS) is 11.9. The summed E-state index contributed by atoms with van der Waals surface area (Å²) in [5, 5.41) is 18.0. The minimum atomic E-state index is -1.08. The van der Waals surface area contributed by atoms with Gasteiger partial charge in [-0.05, 0) is 17.7 Å². The van der Waals surface area contributed by atoms with Gasteiger partial charge in [-0.25, -0.2) is 4.79 Å². The Bertz CT molecular complexity index is 382. The van der Waals surface area contributed by atoms with Gasteiger partial charge in [-0.2, -0.15) is 0 Å². The Kier molecular flexibility index (Phi) is 4.02. The second-order valence-electron chi connectivity index (χ2n) is 3.23. The van der Waals surface area contributed by atoms with E-state index in [4.69, 9.17) is 5.11 Å². The van der Waals surface area contributed by atoms with Gasteiger partial charge in [0.1, 0.15) is 0 Å². The third kappa shape index (κ3) is 3.06. The van der Waals surface area contributed by atoms with Crippen LogP contribution in [0.4, 0.5) is 0 Å². The van der Waals surface area contributed by atoms with Crippen molar-refractivity contribution in [2.24, 2.45) is 0 Å². The van der Waals surface area contributed by atoms with Gasteiger partial charge in [0.25, 0.3) is 0 Å². The van der Waals surface area contributed by atoms with Gasteiger partial charge in [0.2, 0.25) is 0 Å². The number of carbonyl (C=O) groups excluding carboxylic acids is 1. The van der Waals surface area contributed by atoms with Crippen LogP contribution in [0.1, 0.15) is 28.4 Å². The first kappa shape index (κ1) is 12.2. The summed E-state index contributed by atoms with van der Waals surface area (Å²) in [5.74, 6) is -1.55. The van der Waals surface area contributed by atoms with Crippen molar-refractivity contribution in [2.75, 3.05) is 7.11 Å². The molecule has 0 bridgehead atoms. The first-order valence-corrected chi connectivity index (χ1v) is 4.62. The molecule has 0 saturated carbocycles. The fraction of sp³-hybridized carbons (Fsp3) is 0.273. The van der Waals surface area contributed by atoms with E-state index < -0.39 is 18.0 Å². The highest BCUT2D eigenvalue weighted by atomic mass is 16.5. The van der Waals surface area contributed by atoms with Crippen molar-refractivity contribution in [1.29, 1.82) is 0 Å². The van der Waals surface area contributed by atoms with Gasteiger partial charge in [-0.3, -0.25) is 4.79 Å². The van der Waals surface area contributed by atoms with Crippen molar-refractivity contribution in [3.8, 4) is 0 Å². The van der Waals surface area contributed by atoms with Crippen LogP contribution < -0.4 is 0 Å². The molecule has 0 aliphatic heterocycles. The second kappa shape index (κ2) is 5.27. The minimum Gasteiger partial charge on any atom is -0.481 e. The van der Waals surface area contributed by atoms with Crippen molar-refractivity contribution in [3.05, 3.63) is 35.4 Å². The zero-order valence-corrected chi connectivity index (χ0v) is 8.71. The summed E-state index contributed by atoms with van der Waals surface area (Å²) in [7, 11) is 1.27. The molecule has 0 aliphatic carbocycles.